The van der Waals surface area contributed by atoms with Gasteiger partial charge in [-0.3, -0.25) is 4.79 Å². The summed E-state index contributed by atoms with van der Waals surface area (Å²) in [5.74, 6) is 0.479. The number of carbonyl (C=O) groups excluding carboxylic acids is 1. The highest BCUT2D eigenvalue weighted by atomic mass is 28.3. The molecule has 1 aliphatic carbocycles. The minimum atomic E-state index is -1.44. The smallest absolute Gasteiger partial charge is 0.132 e. The van der Waals surface area contributed by atoms with Gasteiger partial charge in [0.15, 0.2) is 0 Å². The quantitative estimate of drug-likeness (QED) is 0.716. The average molecular weight is 232 g/mol. The van der Waals surface area contributed by atoms with Crippen molar-refractivity contribution in [2.75, 3.05) is 0 Å². The Morgan fingerprint density at radius 3 is 2.50 bits per heavy atom. The van der Waals surface area contributed by atoms with E-state index < -0.39 is 8.07 Å². The molecule has 0 amide bonds. The molecule has 1 atom stereocenters. The molecule has 0 heterocycles. The van der Waals surface area contributed by atoms with Crippen LogP contribution >= 0.6 is 0 Å². The molecule has 1 aromatic carbocycles. The van der Waals surface area contributed by atoms with Crippen LogP contribution in [0.15, 0.2) is 30.3 Å². The first-order valence-corrected chi connectivity index (χ1v) is 9.25. The zero-order valence-electron chi connectivity index (χ0n) is 10.2. The van der Waals surface area contributed by atoms with Crippen molar-refractivity contribution in [3.05, 3.63) is 30.3 Å². The highest BCUT2D eigenvalue weighted by molar-refractivity contribution is 6.91. The third-order valence-electron chi connectivity index (χ3n) is 4.02. The lowest BCUT2D eigenvalue weighted by Gasteiger charge is -2.35. The van der Waals surface area contributed by atoms with Gasteiger partial charge in [0, 0.05) is 12.8 Å². The van der Waals surface area contributed by atoms with E-state index in [9.17, 15) is 4.79 Å². The molecular weight excluding hydrogens is 212 g/mol. The van der Waals surface area contributed by atoms with Crippen molar-refractivity contribution >= 4 is 19.0 Å². The Morgan fingerprint density at radius 1 is 1.19 bits per heavy atom. The van der Waals surface area contributed by atoms with Gasteiger partial charge in [0.25, 0.3) is 0 Å². The fraction of sp³-hybridized carbons (Fsp3) is 0.500. The maximum atomic E-state index is 11.6. The predicted octanol–water partition coefficient (Wildman–Crippen LogP) is 3.12. The number of hydrogen-bond acceptors (Lipinski definition) is 1. The maximum absolute atomic E-state index is 11.6. The first-order valence-electron chi connectivity index (χ1n) is 6.18. The van der Waals surface area contributed by atoms with Crippen LogP contribution in [0.5, 0.6) is 0 Å². The third-order valence-corrected chi connectivity index (χ3v) is 8.38. The van der Waals surface area contributed by atoms with Gasteiger partial charge < -0.3 is 0 Å². The maximum Gasteiger partial charge on any atom is 0.132 e. The summed E-state index contributed by atoms with van der Waals surface area (Å²) in [5, 5.41) is 1.50. The molecule has 1 fully saturated rings. The van der Waals surface area contributed by atoms with Crippen LogP contribution in [0.2, 0.25) is 18.6 Å². The van der Waals surface area contributed by atoms with Crippen LogP contribution in [0.3, 0.4) is 0 Å². The lowest BCUT2D eigenvalue weighted by Crippen LogP contribution is -2.47. The van der Waals surface area contributed by atoms with E-state index in [4.69, 9.17) is 0 Å². The number of hydrogen-bond donors (Lipinski definition) is 0. The molecule has 1 saturated carbocycles. The van der Waals surface area contributed by atoms with Crippen LogP contribution < -0.4 is 5.19 Å². The summed E-state index contributed by atoms with van der Waals surface area (Å²) in [6.07, 6.45) is 4.00. The number of ketones is 1. The minimum absolute atomic E-state index is 0.479. The highest BCUT2D eigenvalue weighted by Gasteiger charge is 2.36. The summed E-state index contributed by atoms with van der Waals surface area (Å²) in [4.78, 5) is 11.6. The van der Waals surface area contributed by atoms with E-state index in [1.54, 1.807) is 0 Å². The molecule has 1 aromatic rings. The summed E-state index contributed by atoms with van der Waals surface area (Å²) in [7, 11) is -1.44. The van der Waals surface area contributed by atoms with E-state index in [1.165, 1.54) is 11.6 Å². The van der Waals surface area contributed by atoms with E-state index >= 15 is 0 Å². The first-order chi connectivity index (χ1) is 7.60. The van der Waals surface area contributed by atoms with E-state index in [0.717, 1.165) is 19.3 Å². The Kier molecular flexibility index (Phi) is 3.29. The molecule has 0 unspecified atom stereocenters. The van der Waals surface area contributed by atoms with Gasteiger partial charge in [0.2, 0.25) is 0 Å². The molecule has 2 rings (SSSR count). The van der Waals surface area contributed by atoms with Gasteiger partial charge >= 0.3 is 0 Å². The van der Waals surface area contributed by atoms with Crippen molar-refractivity contribution in [2.45, 2.75) is 44.3 Å². The number of carbonyl (C=O) groups is 1. The molecule has 1 aliphatic rings. The van der Waals surface area contributed by atoms with Gasteiger partial charge in [-0.1, -0.05) is 55.0 Å². The Hall–Kier alpha value is -0.893. The van der Waals surface area contributed by atoms with Gasteiger partial charge in [-0.05, 0) is 12.0 Å². The summed E-state index contributed by atoms with van der Waals surface area (Å²) in [6.45, 7) is 4.82. The lowest BCUT2D eigenvalue weighted by molar-refractivity contribution is -0.120. The van der Waals surface area contributed by atoms with Crippen LogP contribution in [0.4, 0.5) is 0 Å². The molecule has 0 spiro atoms. The number of Topliss-reactive ketones (excluding diaryl/α,β-unsaturated/α-hetero) is 1. The fourth-order valence-electron chi connectivity index (χ4n) is 2.74. The topological polar surface area (TPSA) is 17.1 Å². The number of benzene rings is 1. The van der Waals surface area contributed by atoms with E-state index in [0.29, 0.717) is 11.3 Å². The molecule has 16 heavy (non-hydrogen) atoms. The summed E-state index contributed by atoms with van der Waals surface area (Å²) >= 11 is 0. The fourth-order valence-corrected chi connectivity index (χ4v) is 5.93. The van der Waals surface area contributed by atoms with Crippen molar-refractivity contribution < 1.29 is 4.79 Å². The molecule has 0 aliphatic heterocycles. The van der Waals surface area contributed by atoms with Crippen LogP contribution in [0.1, 0.15) is 25.7 Å². The Bertz CT molecular complexity index is 370. The Balaban J connectivity index is 2.21. The van der Waals surface area contributed by atoms with Crippen LogP contribution in [0, 0.1) is 0 Å². The SMILES string of the molecule is C[Si](C)(c1ccccc1)[C@H]1CCCC(=O)C1. The second kappa shape index (κ2) is 4.54. The van der Waals surface area contributed by atoms with Gasteiger partial charge in [-0.15, -0.1) is 0 Å². The highest BCUT2D eigenvalue weighted by Crippen LogP contribution is 2.35. The molecule has 1 nitrogen and oxygen atoms in total. The van der Waals surface area contributed by atoms with E-state index in [-0.39, 0.29) is 0 Å². The lowest BCUT2D eigenvalue weighted by atomic mass is 9.99. The third kappa shape index (κ3) is 2.27. The average Bonchev–Trinajstić information content (AvgIpc) is 2.30. The van der Waals surface area contributed by atoms with Crippen LogP contribution in [0.25, 0.3) is 0 Å². The molecule has 86 valence electrons. The van der Waals surface area contributed by atoms with Gasteiger partial charge in [-0.25, -0.2) is 0 Å². The first kappa shape index (κ1) is 11.6. The molecular formula is C14H20OSi. The molecule has 0 N–H and O–H groups in total. The van der Waals surface area contributed by atoms with Gasteiger partial charge in [0.1, 0.15) is 5.78 Å². The second-order valence-electron chi connectivity index (χ2n) is 5.42. The molecule has 0 saturated heterocycles. The molecule has 2 heteroatoms. The van der Waals surface area contributed by atoms with Crippen molar-refractivity contribution in [3.63, 3.8) is 0 Å². The van der Waals surface area contributed by atoms with Crippen LogP contribution in [-0.2, 0) is 4.79 Å². The van der Waals surface area contributed by atoms with E-state index in [2.05, 4.69) is 43.4 Å². The van der Waals surface area contributed by atoms with Crippen LogP contribution in [-0.4, -0.2) is 13.9 Å². The zero-order valence-corrected chi connectivity index (χ0v) is 11.2. The van der Waals surface area contributed by atoms with Crippen molar-refractivity contribution in [2.24, 2.45) is 0 Å². The summed E-state index contributed by atoms with van der Waals surface area (Å²) < 4.78 is 0. The monoisotopic (exact) mass is 232 g/mol. The predicted molar refractivity (Wildman–Crippen MR) is 70.8 cm³/mol. The Morgan fingerprint density at radius 2 is 1.88 bits per heavy atom. The number of rotatable bonds is 2. The normalized spacial score (nSPS) is 22.1. The molecule has 0 bridgehead atoms. The molecule has 0 aromatic heterocycles. The second-order valence-corrected chi connectivity index (χ2v) is 10.3. The largest absolute Gasteiger partial charge is 0.300 e. The van der Waals surface area contributed by atoms with E-state index in [1.807, 2.05) is 0 Å². The standard InChI is InChI=1S/C14H20OSi/c1-16(2,13-8-4-3-5-9-13)14-10-6-7-12(15)11-14/h3-5,8-9,14H,6-7,10-11H2,1-2H3/t14-/m0/s1. The molecule has 0 radical (unpaired) electrons. The van der Waals surface area contributed by atoms with Crippen molar-refractivity contribution in [3.8, 4) is 0 Å². The summed E-state index contributed by atoms with van der Waals surface area (Å²) in [6, 6.07) is 10.8. The zero-order chi connectivity index (χ0) is 11.6. The summed E-state index contributed by atoms with van der Waals surface area (Å²) in [5.41, 5.74) is 0.649. The van der Waals surface area contributed by atoms with Gasteiger partial charge in [0.05, 0.1) is 8.07 Å². The van der Waals surface area contributed by atoms with Crippen molar-refractivity contribution in [1.82, 2.24) is 0 Å². The Labute approximate surface area is 98.9 Å². The minimum Gasteiger partial charge on any atom is -0.300 e. The van der Waals surface area contributed by atoms with Crippen molar-refractivity contribution in [1.29, 1.82) is 0 Å². The van der Waals surface area contributed by atoms with Gasteiger partial charge in [-0.2, -0.15) is 0 Å².